The fraction of sp³-hybridized carbons (Fsp3) is 0.385. The molecule has 0 heterocycles. The Kier molecular flexibility index (Phi) is 5.17. The molecular formula is C13H17NO5. The zero-order chi connectivity index (χ0) is 14.4. The Labute approximate surface area is 111 Å². The SMILES string of the molecule is CCOc1cc(CC(NC(C)=O)C(=O)O)ccc1O. The number of nitrogens with one attached hydrogen (secondary N) is 1. The van der Waals surface area contributed by atoms with Gasteiger partial charge in [-0.05, 0) is 24.6 Å². The minimum atomic E-state index is -1.11. The summed E-state index contributed by atoms with van der Waals surface area (Å²) in [5, 5.41) is 20.9. The molecule has 0 radical (unpaired) electrons. The predicted octanol–water partition coefficient (Wildman–Crippen LogP) is 0.923. The summed E-state index contributed by atoms with van der Waals surface area (Å²) in [4.78, 5) is 22.0. The Morgan fingerprint density at radius 3 is 2.63 bits per heavy atom. The molecule has 1 atom stereocenters. The van der Waals surface area contributed by atoms with Gasteiger partial charge in [-0.3, -0.25) is 4.79 Å². The third kappa shape index (κ3) is 4.50. The van der Waals surface area contributed by atoms with Gasteiger partial charge in [0, 0.05) is 13.3 Å². The Bertz CT molecular complexity index is 472. The van der Waals surface area contributed by atoms with E-state index in [4.69, 9.17) is 9.84 Å². The van der Waals surface area contributed by atoms with Crippen molar-refractivity contribution in [1.29, 1.82) is 0 Å². The monoisotopic (exact) mass is 267 g/mol. The van der Waals surface area contributed by atoms with Crippen molar-refractivity contribution in [2.75, 3.05) is 6.61 Å². The summed E-state index contributed by atoms with van der Waals surface area (Å²) >= 11 is 0. The molecule has 0 aromatic heterocycles. The van der Waals surface area contributed by atoms with E-state index >= 15 is 0 Å². The lowest BCUT2D eigenvalue weighted by atomic mass is 10.1. The Morgan fingerprint density at radius 1 is 1.42 bits per heavy atom. The van der Waals surface area contributed by atoms with Crippen LogP contribution in [-0.2, 0) is 16.0 Å². The molecule has 0 saturated heterocycles. The van der Waals surface area contributed by atoms with Gasteiger partial charge in [-0.25, -0.2) is 4.79 Å². The second-order valence-electron chi connectivity index (χ2n) is 4.03. The van der Waals surface area contributed by atoms with Crippen LogP contribution in [0.5, 0.6) is 11.5 Å². The first-order valence-electron chi connectivity index (χ1n) is 5.88. The maximum atomic E-state index is 11.0. The molecule has 6 heteroatoms. The summed E-state index contributed by atoms with van der Waals surface area (Å²) in [6.07, 6.45) is 0.120. The van der Waals surface area contributed by atoms with E-state index < -0.39 is 17.9 Å². The van der Waals surface area contributed by atoms with Gasteiger partial charge in [0.05, 0.1) is 6.61 Å². The first-order valence-corrected chi connectivity index (χ1v) is 5.88. The number of phenolic OH excluding ortho intramolecular Hbond substituents is 1. The van der Waals surface area contributed by atoms with Crippen LogP contribution in [0.25, 0.3) is 0 Å². The standard InChI is InChI=1S/C13H17NO5/c1-3-19-12-7-9(4-5-11(12)16)6-10(13(17)18)14-8(2)15/h4-5,7,10,16H,3,6H2,1-2H3,(H,14,15)(H,17,18). The highest BCUT2D eigenvalue weighted by Crippen LogP contribution is 2.27. The summed E-state index contributed by atoms with van der Waals surface area (Å²) in [6, 6.07) is 3.59. The fourth-order valence-electron chi connectivity index (χ4n) is 1.64. The first kappa shape index (κ1) is 14.8. The number of rotatable bonds is 6. The van der Waals surface area contributed by atoms with Gasteiger partial charge < -0.3 is 20.3 Å². The number of carboxylic acids is 1. The Hall–Kier alpha value is -2.24. The smallest absolute Gasteiger partial charge is 0.326 e. The van der Waals surface area contributed by atoms with Gasteiger partial charge in [-0.2, -0.15) is 0 Å². The van der Waals surface area contributed by atoms with Crippen molar-refractivity contribution in [3.05, 3.63) is 23.8 Å². The summed E-state index contributed by atoms with van der Waals surface area (Å²) in [5.74, 6) is -1.22. The van der Waals surface area contributed by atoms with Crippen molar-refractivity contribution in [3.63, 3.8) is 0 Å². The molecule has 6 nitrogen and oxygen atoms in total. The molecule has 1 rings (SSSR count). The van der Waals surface area contributed by atoms with Gasteiger partial charge in [0.15, 0.2) is 11.5 Å². The molecule has 3 N–H and O–H groups in total. The van der Waals surface area contributed by atoms with Crippen LogP contribution in [0.4, 0.5) is 0 Å². The first-order chi connectivity index (χ1) is 8.93. The van der Waals surface area contributed by atoms with Crippen molar-refractivity contribution in [2.45, 2.75) is 26.3 Å². The molecule has 0 aliphatic rings. The third-order valence-electron chi connectivity index (χ3n) is 2.44. The van der Waals surface area contributed by atoms with Crippen molar-refractivity contribution < 1.29 is 24.5 Å². The highest BCUT2D eigenvalue weighted by Gasteiger charge is 2.19. The van der Waals surface area contributed by atoms with E-state index in [2.05, 4.69) is 5.32 Å². The van der Waals surface area contributed by atoms with Crippen LogP contribution >= 0.6 is 0 Å². The number of benzene rings is 1. The maximum Gasteiger partial charge on any atom is 0.326 e. The van der Waals surface area contributed by atoms with Gasteiger partial charge in [0.1, 0.15) is 6.04 Å². The molecule has 0 aliphatic carbocycles. The van der Waals surface area contributed by atoms with Crippen LogP contribution in [0.1, 0.15) is 19.4 Å². The topological polar surface area (TPSA) is 95.9 Å². The van der Waals surface area contributed by atoms with Gasteiger partial charge in [-0.1, -0.05) is 6.07 Å². The number of carbonyl (C=O) groups excluding carboxylic acids is 1. The molecular weight excluding hydrogens is 250 g/mol. The maximum absolute atomic E-state index is 11.0. The van der Waals surface area contributed by atoms with E-state index in [1.54, 1.807) is 19.1 Å². The largest absolute Gasteiger partial charge is 0.504 e. The van der Waals surface area contributed by atoms with E-state index in [0.717, 1.165) is 0 Å². The second-order valence-corrected chi connectivity index (χ2v) is 4.03. The number of aliphatic carboxylic acids is 1. The highest BCUT2D eigenvalue weighted by atomic mass is 16.5. The number of amides is 1. The minimum absolute atomic E-state index is 0.00278. The van der Waals surface area contributed by atoms with Crippen LogP contribution < -0.4 is 10.1 Å². The average Bonchev–Trinajstić information content (AvgIpc) is 2.32. The number of aromatic hydroxyl groups is 1. The number of hydrogen-bond donors (Lipinski definition) is 3. The Balaban J connectivity index is 2.87. The minimum Gasteiger partial charge on any atom is -0.504 e. The third-order valence-corrected chi connectivity index (χ3v) is 2.44. The van der Waals surface area contributed by atoms with Crippen molar-refractivity contribution in [3.8, 4) is 11.5 Å². The molecule has 1 amide bonds. The molecule has 1 aromatic carbocycles. The zero-order valence-corrected chi connectivity index (χ0v) is 10.8. The number of carboxylic acid groups (broad SMARTS) is 1. The number of hydrogen-bond acceptors (Lipinski definition) is 4. The summed E-state index contributed by atoms with van der Waals surface area (Å²) in [6.45, 7) is 3.44. The summed E-state index contributed by atoms with van der Waals surface area (Å²) in [7, 11) is 0. The molecule has 0 saturated carbocycles. The van der Waals surface area contributed by atoms with Gasteiger partial charge in [0.2, 0.25) is 5.91 Å². The van der Waals surface area contributed by atoms with Crippen LogP contribution in [0.2, 0.25) is 0 Å². The van der Waals surface area contributed by atoms with Crippen LogP contribution in [0.3, 0.4) is 0 Å². The Morgan fingerprint density at radius 2 is 2.11 bits per heavy atom. The number of ether oxygens (including phenoxy) is 1. The lowest BCUT2D eigenvalue weighted by Crippen LogP contribution is -2.41. The van der Waals surface area contributed by atoms with Crippen molar-refractivity contribution in [2.24, 2.45) is 0 Å². The van der Waals surface area contributed by atoms with Crippen LogP contribution in [0.15, 0.2) is 18.2 Å². The van der Waals surface area contributed by atoms with Gasteiger partial charge >= 0.3 is 5.97 Å². The lowest BCUT2D eigenvalue weighted by Gasteiger charge is -2.14. The van der Waals surface area contributed by atoms with Crippen LogP contribution in [0, 0.1) is 0 Å². The highest BCUT2D eigenvalue weighted by molar-refractivity contribution is 5.82. The second kappa shape index (κ2) is 6.63. The van der Waals surface area contributed by atoms with E-state index in [1.807, 2.05) is 0 Å². The van der Waals surface area contributed by atoms with Crippen LogP contribution in [-0.4, -0.2) is 34.7 Å². The van der Waals surface area contributed by atoms with Gasteiger partial charge in [-0.15, -0.1) is 0 Å². The normalized spacial score (nSPS) is 11.7. The van der Waals surface area contributed by atoms with E-state index in [-0.39, 0.29) is 12.2 Å². The molecule has 0 bridgehead atoms. The van der Waals surface area contributed by atoms with E-state index in [0.29, 0.717) is 17.9 Å². The van der Waals surface area contributed by atoms with Crippen molar-refractivity contribution >= 4 is 11.9 Å². The molecule has 0 fully saturated rings. The molecule has 0 spiro atoms. The fourth-order valence-corrected chi connectivity index (χ4v) is 1.64. The zero-order valence-electron chi connectivity index (χ0n) is 10.8. The van der Waals surface area contributed by atoms with Gasteiger partial charge in [0.25, 0.3) is 0 Å². The molecule has 19 heavy (non-hydrogen) atoms. The quantitative estimate of drug-likeness (QED) is 0.712. The average molecular weight is 267 g/mol. The summed E-state index contributed by atoms with van der Waals surface area (Å²) in [5.41, 5.74) is 0.655. The summed E-state index contributed by atoms with van der Waals surface area (Å²) < 4.78 is 5.22. The number of phenols is 1. The molecule has 0 aliphatic heterocycles. The number of carbonyl (C=O) groups is 2. The molecule has 1 aromatic rings. The molecule has 104 valence electrons. The lowest BCUT2D eigenvalue weighted by molar-refractivity contribution is -0.141. The van der Waals surface area contributed by atoms with E-state index in [9.17, 15) is 14.7 Å². The van der Waals surface area contributed by atoms with E-state index in [1.165, 1.54) is 13.0 Å². The molecule has 1 unspecified atom stereocenters. The predicted molar refractivity (Wildman–Crippen MR) is 68.2 cm³/mol. The van der Waals surface area contributed by atoms with Crippen molar-refractivity contribution in [1.82, 2.24) is 5.32 Å².